The van der Waals surface area contributed by atoms with Crippen molar-refractivity contribution >= 4 is 22.5 Å². The molecule has 0 saturated carbocycles. The Morgan fingerprint density at radius 1 is 1.14 bits per heavy atom. The van der Waals surface area contributed by atoms with Crippen molar-refractivity contribution in [3.05, 3.63) is 76.7 Å². The van der Waals surface area contributed by atoms with Crippen LogP contribution < -0.4 is 5.32 Å². The number of hydrogen-bond acceptors (Lipinski definition) is 2. The largest absolute Gasteiger partial charge is 0.309 e. The van der Waals surface area contributed by atoms with Gasteiger partial charge in [0, 0.05) is 17.1 Å². The third-order valence-electron chi connectivity index (χ3n) is 3.54. The fourth-order valence-electron chi connectivity index (χ4n) is 2.51. The van der Waals surface area contributed by atoms with Gasteiger partial charge in [-0.1, -0.05) is 41.9 Å². The monoisotopic (exact) mass is 300 g/mol. The van der Waals surface area contributed by atoms with Crippen molar-refractivity contribution in [1.29, 1.82) is 0 Å². The molecule has 106 valence electrons. The molecular formula is C17H14ClFN2. The van der Waals surface area contributed by atoms with Crippen molar-refractivity contribution in [2.45, 2.75) is 6.04 Å². The third kappa shape index (κ3) is 2.62. The Morgan fingerprint density at radius 2 is 2.00 bits per heavy atom. The van der Waals surface area contributed by atoms with Gasteiger partial charge < -0.3 is 5.32 Å². The minimum atomic E-state index is -0.389. The first-order chi connectivity index (χ1) is 10.2. The van der Waals surface area contributed by atoms with E-state index in [1.165, 1.54) is 0 Å². The van der Waals surface area contributed by atoms with E-state index in [1.807, 2.05) is 30.3 Å². The van der Waals surface area contributed by atoms with Crippen molar-refractivity contribution in [2.24, 2.45) is 0 Å². The molecule has 3 aromatic rings. The molecule has 1 atom stereocenters. The van der Waals surface area contributed by atoms with Crippen LogP contribution in [0.15, 0.2) is 54.7 Å². The van der Waals surface area contributed by atoms with Gasteiger partial charge in [-0.25, -0.2) is 4.39 Å². The van der Waals surface area contributed by atoms with Crippen molar-refractivity contribution in [3.8, 4) is 0 Å². The number of nitrogens with one attached hydrogen (secondary N) is 1. The lowest BCUT2D eigenvalue weighted by atomic mass is 9.97. The van der Waals surface area contributed by atoms with Crippen LogP contribution in [0.3, 0.4) is 0 Å². The van der Waals surface area contributed by atoms with Gasteiger partial charge in [-0.15, -0.1) is 0 Å². The average molecular weight is 301 g/mol. The molecular weight excluding hydrogens is 287 g/mol. The SMILES string of the molecule is CNC(c1ccc2cccnc2c1)c1cccc(Cl)c1F. The van der Waals surface area contributed by atoms with Crippen LogP contribution in [-0.4, -0.2) is 12.0 Å². The second-order valence-corrected chi connectivity index (χ2v) is 5.23. The molecule has 0 fully saturated rings. The molecule has 0 spiro atoms. The highest BCUT2D eigenvalue weighted by molar-refractivity contribution is 6.30. The molecule has 0 aliphatic carbocycles. The third-order valence-corrected chi connectivity index (χ3v) is 3.84. The molecule has 2 nitrogen and oxygen atoms in total. The minimum absolute atomic E-state index is 0.131. The van der Waals surface area contributed by atoms with Crippen LogP contribution in [0.25, 0.3) is 10.9 Å². The molecule has 21 heavy (non-hydrogen) atoms. The number of rotatable bonds is 3. The minimum Gasteiger partial charge on any atom is -0.309 e. The molecule has 4 heteroatoms. The van der Waals surface area contributed by atoms with Crippen LogP contribution in [0.2, 0.25) is 5.02 Å². The zero-order valence-corrected chi connectivity index (χ0v) is 12.2. The average Bonchev–Trinajstić information content (AvgIpc) is 2.52. The summed E-state index contributed by atoms with van der Waals surface area (Å²) in [6.07, 6.45) is 1.75. The molecule has 1 unspecified atom stereocenters. The smallest absolute Gasteiger partial charge is 0.146 e. The number of aromatic nitrogens is 1. The number of hydrogen-bond donors (Lipinski definition) is 1. The van der Waals surface area contributed by atoms with Crippen molar-refractivity contribution in [3.63, 3.8) is 0 Å². The van der Waals surface area contributed by atoms with E-state index in [0.717, 1.165) is 16.5 Å². The highest BCUT2D eigenvalue weighted by Gasteiger charge is 2.18. The quantitative estimate of drug-likeness (QED) is 0.778. The highest BCUT2D eigenvalue weighted by Crippen LogP contribution is 2.29. The van der Waals surface area contributed by atoms with E-state index in [9.17, 15) is 4.39 Å². The van der Waals surface area contributed by atoms with Gasteiger partial charge in [0.2, 0.25) is 0 Å². The number of nitrogens with zero attached hydrogens (tertiary/aromatic N) is 1. The lowest BCUT2D eigenvalue weighted by Crippen LogP contribution is -2.19. The molecule has 0 aliphatic rings. The van der Waals surface area contributed by atoms with Gasteiger partial charge in [0.25, 0.3) is 0 Å². The van der Waals surface area contributed by atoms with Crippen LogP contribution in [0.5, 0.6) is 0 Å². The molecule has 0 saturated heterocycles. The van der Waals surface area contributed by atoms with Gasteiger partial charge in [-0.3, -0.25) is 4.98 Å². The molecule has 0 bridgehead atoms. The maximum absolute atomic E-state index is 14.3. The summed E-state index contributed by atoms with van der Waals surface area (Å²) in [6.45, 7) is 0. The van der Waals surface area contributed by atoms with Gasteiger partial charge in [-0.2, -0.15) is 0 Å². The second kappa shape index (κ2) is 5.80. The number of benzene rings is 2. The fraction of sp³-hybridized carbons (Fsp3) is 0.118. The van der Waals surface area contributed by atoms with Gasteiger partial charge in [-0.05, 0) is 30.8 Å². The van der Waals surface area contributed by atoms with Crippen LogP contribution >= 0.6 is 11.6 Å². The summed E-state index contributed by atoms with van der Waals surface area (Å²) in [5.41, 5.74) is 2.36. The standard InChI is InChI=1S/C17H14ClFN2/c1-20-17(13-5-2-6-14(18)16(13)19)12-8-7-11-4-3-9-21-15(11)10-12/h2-10,17,20H,1H3. The van der Waals surface area contributed by atoms with Crippen LogP contribution in [0.4, 0.5) is 4.39 Å². The van der Waals surface area contributed by atoms with Gasteiger partial charge in [0.1, 0.15) is 5.82 Å². The first kappa shape index (κ1) is 14.0. The van der Waals surface area contributed by atoms with E-state index in [0.29, 0.717) is 5.56 Å². The lowest BCUT2D eigenvalue weighted by molar-refractivity contribution is 0.577. The van der Waals surface area contributed by atoms with E-state index < -0.39 is 0 Å². The van der Waals surface area contributed by atoms with Gasteiger partial charge >= 0.3 is 0 Å². The van der Waals surface area contributed by atoms with E-state index in [-0.39, 0.29) is 16.9 Å². The maximum atomic E-state index is 14.3. The normalized spacial score (nSPS) is 12.5. The second-order valence-electron chi connectivity index (χ2n) is 4.82. The maximum Gasteiger partial charge on any atom is 0.146 e. The Hall–Kier alpha value is -1.97. The van der Waals surface area contributed by atoms with Crippen molar-refractivity contribution in [1.82, 2.24) is 10.3 Å². The predicted octanol–water partition coefficient (Wildman–Crippen LogP) is 4.34. The molecule has 2 aromatic carbocycles. The fourth-order valence-corrected chi connectivity index (χ4v) is 2.69. The molecule has 0 amide bonds. The predicted molar refractivity (Wildman–Crippen MR) is 84.1 cm³/mol. The van der Waals surface area contributed by atoms with Crippen LogP contribution in [0.1, 0.15) is 17.2 Å². The van der Waals surface area contributed by atoms with E-state index in [1.54, 1.807) is 31.4 Å². The molecule has 3 rings (SSSR count). The Bertz CT molecular complexity index is 789. The van der Waals surface area contributed by atoms with Gasteiger partial charge in [0.15, 0.2) is 0 Å². The summed E-state index contributed by atoms with van der Waals surface area (Å²) in [4.78, 5) is 4.34. The summed E-state index contributed by atoms with van der Waals surface area (Å²) >= 11 is 5.88. The molecule has 1 aromatic heterocycles. The number of pyridine rings is 1. The summed E-state index contributed by atoms with van der Waals surface area (Å²) in [5, 5.41) is 4.33. The first-order valence-corrected chi connectivity index (χ1v) is 7.04. The summed E-state index contributed by atoms with van der Waals surface area (Å²) in [7, 11) is 1.80. The summed E-state index contributed by atoms with van der Waals surface area (Å²) in [5.74, 6) is -0.389. The number of fused-ring (bicyclic) bond motifs is 1. The number of halogens is 2. The van der Waals surface area contributed by atoms with Crippen LogP contribution in [0, 0.1) is 5.82 Å². The zero-order chi connectivity index (χ0) is 14.8. The highest BCUT2D eigenvalue weighted by atomic mass is 35.5. The van der Waals surface area contributed by atoms with Crippen molar-refractivity contribution < 1.29 is 4.39 Å². The van der Waals surface area contributed by atoms with E-state index in [4.69, 9.17) is 11.6 Å². The van der Waals surface area contributed by atoms with Gasteiger partial charge in [0.05, 0.1) is 16.6 Å². The molecule has 0 aliphatic heterocycles. The lowest BCUT2D eigenvalue weighted by Gasteiger charge is -2.18. The van der Waals surface area contributed by atoms with Crippen molar-refractivity contribution in [2.75, 3.05) is 7.05 Å². The summed E-state index contributed by atoms with van der Waals surface area (Å²) in [6, 6.07) is 14.6. The topological polar surface area (TPSA) is 24.9 Å². The van der Waals surface area contributed by atoms with E-state index >= 15 is 0 Å². The Balaban J connectivity index is 2.11. The van der Waals surface area contributed by atoms with E-state index in [2.05, 4.69) is 10.3 Å². The Labute approximate surface area is 127 Å². The summed E-state index contributed by atoms with van der Waals surface area (Å²) < 4.78 is 14.3. The Morgan fingerprint density at radius 3 is 2.81 bits per heavy atom. The first-order valence-electron chi connectivity index (χ1n) is 6.66. The van der Waals surface area contributed by atoms with Crippen LogP contribution in [-0.2, 0) is 0 Å². The Kier molecular flexibility index (Phi) is 3.86. The zero-order valence-electron chi connectivity index (χ0n) is 11.5. The molecule has 0 radical (unpaired) electrons. The molecule has 1 heterocycles. The molecule has 1 N–H and O–H groups in total.